The molecule has 2 aliphatic rings. The molecule has 2 aromatic heterocycles. The summed E-state index contributed by atoms with van der Waals surface area (Å²) in [6, 6.07) is 61.8. The fourth-order valence-corrected chi connectivity index (χ4v) is 11.4. The molecule has 0 fully saturated rings. The van der Waals surface area contributed by atoms with E-state index in [1.165, 1.54) is 126 Å². The van der Waals surface area contributed by atoms with Gasteiger partial charge in [0.15, 0.2) is 0 Å². The molecule has 0 radical (unpaired) electrons. The van der Waals surface area contributed by atoms with Gasteiger partial charge in [-0.15, -0.1) is 0 Å². The molecule has 274 valence electrons. The molecule has 0 spiro atoms. The summed E-state index contributed by atoms with van der Waals surface area (Å²) >= 11 is 0. The van der Waals surface area contributed by atoms with Gasteiger partial charge in [0.25, 0.3) is 0 Å². The highest BCUT2D eigenvalue weighted by Crippen LogP contribution is 2.54. The van der Waals surface area contributed by atoms with Crippen LogP contribution in [-0.2, 0) is 10.8 Å². The van der Waals surface area contributed by atoms with Crippen molar-refractivity contribution in [3.63, 3.8) is 0 Å². The molecule has 0 saturated carbocycles. The fraction of sp³-hybridized carbons (Fsp3) is 0.107. The molecule has 58 heavy (non-hydrogen) atoms. The van der Waals surface area contributed by atoms with E-state index in [9.17, 15) is 0 Å². The lowest BCUT2D eigenvalue weighted by molar-refractivity contribution is 0.666. The Hall–Kier alpha value is -6.90. The molecule has 2 heterocycles. The minimum absolute atomic E-state index is 0.0558. The zero-order valence-electron chi connectivity index (χ0n) is 33.0. The van der Waals surface area contributed by atoms with Gasteiger partial charge in [0.2, 0.25) is 0 Å². The number of hydrogen-bond donors (Lipinski definition) is 1. The normalized spacial score (nSPS) is 14.8. The molecular weight excluding hydrogens is 701 g/mol. The quantitative estimate of drug-likeness (QED) is 0.182. The first kappa shape index (κ1) is 32.2. The number of hydrogen-bond acceptors (Lipinski definition) is 0. The zero-order chi connectivity index (χ0) is 38.7. The Balaban J connectivity index is 0.961. The van der Waals surface area contributed by atoms with Gasteiger partial charge in [-0.1, -0.05) is 131 Å². The van der Waals surface area contributed by atoms with Crippen LogP contribution in [-0.4, -0.2) is 9.55 Å². The molecule has 0 unspecified atom stereocenters. The molecule has 2 aliphatic carbocycles. The van der Waals surface area contributed by atoms with Crippen molar-refractivity contribution in [2.45, 2.75) is 38.5 Å². The molecular formula is C56H40N2. The van der Waals surface area contributed by atoms with Gasteiger partial charge in [0.1, 0.15) is 0 Å². The standard InChI is InChI=1S/C56H40N2/c1-55(2)47-16-10-8-14-37(47)39-22-18-34-28-45-44-27-33(21-25-49(44)57-50(45)30-41(34)53(39)55)32-20-24-48-43(26-32)40-23-19-35-29-46-38-15-9-11-17-51(38)58(36-12-6-5-7-13-36)52(46)31-42(35)54(40)56(48,3)4/h5-31,57H,1-4H3. The first-order valence-corrected chi connectivity index (χ1v) is 20.6. The maximum atomic E-state index is 3.80. The summed E-state index contributed by atoms with van der Waals surface area (Å²) in [6.07, 6.45) is 0. The van der Waals surface area contributed by atoms with Crippen LogP contribution in [0.5, 0.6) is 0 Å². The minimum Gasteiger partial charge on any atom is -0.354 e. The summed E-state index contributed by atoms with van der Waals surface area (Å²) < 4.78 is 2.44. The van der Waals surface area contributed by atoms with Gasteiger partial charge in [0, 0.05) is 49.1 Å². The number of rotatable bonds is 2. The van der Waals surface area contributed by atoms with Gasteiger partial charge in [-0.05, 0) is 138 Å². The molecule has 0 amide bonds. The highest BCUT2D eigenvalue weighted by molar-refractivity contribution is 6.16. The van der Waals surface area contributed by atoms with Gasteiger partial charge < -0.3 is 9.55 Å². The molecule has 0 aliphatic heterocycles. The van der Waals surface area contributed by atoms with Crippen LogP contribution in [0.3, 0.4) is 0 Å². The van der Waals surface area contributed by atoms with E-state index in [0.717, 1.165) is 0 Å². The van der Waals surface area contributed by atoms with E-state index >= 15 is 0 Å². The molecule has 1 N–H and O–H groups in total. The number of aromatic amines is 1. The third-order valence-electron chi connectivity index (χ3n) is 14.0. The molecule has 0 atom stereocenters. The van der Waals surface area contributed by atoms with Crippen LogP contribution in [0.1, 0.15) is 49.9 Å². The van der Waals surface area contributed by atoms with Crippen molar-refractivity contribution >= 4 is 65.2 Å². The van der Waals surface area contributed by atoms with E-state index < -0.39 is 0 Å². The minimum atomic E-state index is -0.155. The van der Waals surface area contributed by atoms with Crippen molar-refractivity contribution in [1.29, 1.82) is 0 Å². The first-order chi connectivity index (χ1) is 28.3. The lowest BCUT2D eigenvalue weighted by Crippen LogP contribution is -2.15. The van der Waals surface area contributed by atoms with Crippen LogP contribution in [0.2, 0.25) is 0 Å². The van der Waals surface area contributed by atoms with Crippen molar-refractivity contribution in [2.24, 2.45) is 0 Å². The number of nitrogens with one attached hydrogen (secondary N) is 1. The second-order valence-corrected chi connectivity index (χ2v) is 17.8. The van der Waals surface area contributed by atoms with Gasteiger partial charge >= 0.3 is 0 Å². The third kappa shape index (κ3) is 4.07. The highest BCUT2D eigenvalue weighted by atomic mass is 15.0. The zero-order valence-corrected chi connectivity index (χ0v) is 33.0. The molecule has 0 saturated heterocycles. The summed E-state index contributed by atoms with van der Waals surface area (Å²) in [5, 5.41) is 10.4. The van der Waals surface area contributed by atoms with Gasteiger partial charge in [0.05, 0.1) is 11.0 Å². The van der Waals surface area contributed by atoms with Crippen LogP contribution in [0.15, 0.2) is 164 Å². The van der Waals surface area contributed by atoms with E-state index in [4.69, 9.17) is 0 Å². The largest absolute Gasteiger partial charge is 0.354 e. The van der Waals surface area contributed by atoms with Crippen LogP contribution < -0.4 is 0 Å². The second kappa shape index (κ2) is 10.9. The number of nitrogens with zero attached hydrogens (tertiary/aromatic N) is 1. The Morgan fingerprint density at radius 1 is 0.379 bits per heavy atom. The summed E-state index contributed by atoms with van der Waals surface area (Å²) in [5.74, 6) is 0. The molecule has 11 aromatic rings. The Kier molecular flexibility index (Phi) is 6.07. The Morgan fingerprint density at radius 2 is 1.00 bits per heavy atom. The van der Waals surface area contributed by atoms with Crippen LogP contribution in [0.25, 0.3) is 104 Å². The molecule has 0 bridgehead atoms. The topological polar surface area (TPSA) is 20.7 Å². The smallest absolute Gasteiger partial charge is 0.0547 e. The molecule has 13 rings (SSSR count). The summed E-state index contributed by atoms with van der Waals surface area (Å²) in [7, 11) is 0. The van der Waals surface area contributed by atoms with E-state index in [1.807, 2.05) is 0 Å². The summed E-state index contributed by atoms with van der Waals surface area (Å²) in [4.78, 5) is 3.80. The van der Waals surface area contributed by atoms with Crippen molar-refractivity contribution < 1.29 is 0 Å². The fourth-order valence-electron chi connectivity index (χ4n) is 11.4. The van der Waals surface area contributed by atoms with E-state index in [-0.39, 0.29) is 10.8 Å². The monoisotopic (exact) mass is 740 g/mol. The molecule has 2 nitrogen and oxygen atoms in total. The number of H-pyrrole nitrogens is 1. The predicted molar refractivity (Wildman–Crippen MR) is 246 cm³/mol. The average molecular weight is 741 g/mol. The second-order valence-electron chi connectivity index (χ2n) is 17.8. The lowest BCUT2D eigenvalue weighted by atomic mass is 9.80. The van der Waals surface area contributed by atoms with Crippen molar-refractivity contribution in [3.05, 3.63) is 186 Å². The number of benzene rings is 9. The summed E-state index contributed by atoms with van der Waals surface area (Å²) in [5.41, 5.74) is 19.4. The summed E-state index contributed by atoms with van der Waals surface area (Å²) in [6.45, 7) is 9.57. The number of fused-ring (bicyclic) bond motifs is 16. The van der Waals surface area contributed by atoms with Crippen molar-refractivity contribution in [2.75, 3.05) is 0 Å². The Bertz CT molecular complexity index is 3610. The van der Waals surface area contributed by atoms with Crippen LogP contribution >= 0.6 is 0 Å². The Morgan fingerprint density at radius 3 is 1.81 bits per heavy atom. The van der Waals surface area contributed by atoms with Gasteiger partial charge in [-0.2, -0.15) is 0 Å². The first-order valence-electron chi connectivity index (χ1n) is 20.6. The van der Waals surface area contributed by atoms with E-state index in [1.54, 1.807) is 0 Å². The Labute approximate surface area is 337 Å². The lowest BCUT2D eigenvalue weighted by Gasteiger charge is -2.23. The SMILES string of the molecule is CC1(C)c2ccccc2-c2ccc3cc4c(cc3c21)[nH]c1ccc(-c2ccc3c(c2)-c2ccc5cc6c7ccccc7n(-c7ccccc7)c6cc5c2C3(C)C)cc14. The predicted octanol–water partition coefficient (Wildman–Crippen LogP) is 15.0. The highest BCUT2D eigenvalue weighted by Gasteiger charge is 2.38. The van der Waals surface area contributed by atoms with Gasteiger partial charge in [-0.25, -0.2) is 0 Å². The maximum Gasteiger partial charge on any atom is 0.0547 e. The average Bonchev–Trinajstić information content (AvgIpc) is 3.92. The van der Waals surface area contributed by atoms with Crippen molar-refractivity contribution in [3.8, 4) is 39.1 Å². The van der Waals surface area contributed by atoms with E-state index in [2.05, 4.69) is 201 Å². The van der Waals surface area contributed by atoms with E-state index in [0.29, 0.717) is 0 Å². The van der Waals surface area contributed by atoms with Crippen LogP contribution in [0.4, 0.5) is 0 Å². The van der Waals surface area contributed by atoms with Crippen molar-refractivity contribution in [1.82, 2.24) is 9.55 Å². The molecule has 9 aromatic carbocycles. The molecule has 2 heteroatoms. The number of para-hydroxylation sites is 2. The number of aromatic nitrogens is 2. The third-order valence-corrected chi connectivity index (χ3v) is 14.0. The maximum absolute atomic E-state index is 3.80. The van der Waals surface area contributed by atoms with Crippen LogP contribution in [0, 0.1) is 0 Å². The van der Waals surface area contributed by atoms with Gasteiger partial charge in [-0.3, -0.25) is 0 Å².